The van der Waals surface area contributed by atoms with Gasteiger partial charge in [-0.15, -0.1) is 21.5 Å². The Morgan fingerprint density at radius 1 is 1.08 bits per heavy atom. The fraction of sp³-hybridized carbons (Fsp3) is 0.417. The van der Waals surface area contributed by atoms with Crippen molar-refractivity contribution in [2.24, 2.45) is 0 Å². The maximum atomic E-state index is 12.8. The van der Waals surface area contributed by atoms with Crippen molar-refractivity contribution in [1.29, 1.82) is 0 Å². The van der Waals surface area contributed by atoms with E-state index in [0.717, 1.165) is 35.3 Å². The Hall–Kier alpha value is -3.25. The normalized spacial score (nSPS) is 12.2. The quantitative estimate of drug-likeness (QED) is 0.305. The van der Waals surface area contributed by atoms with Gasteiger partial charge in [0, 0.05) is 17.0 Å². The summed E-state index contributed by atoms with van der Waals surface area (Å²) >= 11 is 2.72. The van der Waals surface area contributed by atoms with Crippen LogP contribution in [-0.4, -0.2) is 60.8 Å². The molecule has 10 nitrogen and oxygen atoms in total. The highest BCUT2D eigenvalue weighted by Crippen LogP contribution is 2.42. The fourth-order valence-electron chi connectivity index (χ4n) is 4.21. The Morgan fingerprint density at radius 3 is 2.42 bits per heavy atom. The minimum absolute atomic E-state index is 0.108. The van der Waals surface area contributed by atoms with E-state index < -0.39 is 5.97 Å². The number of aryl methyl sites for hydroxylation is 1. The number of ether oxygens (including phenoxy) is 4. The minimum atomic E-state index is -0.418. The molecule has 1 aliphatic carbocycles. The van der Waals surface area contributed by atoms with Gasteiger partial charge in [-0.3, -0.25) is 4.79 Å². The Bertz CT molecular complexity index is 1260. The second-order valence-corrected chi connectivity index (χ2v) is 9.90. The number of anilines is 1. The Balaban J connectivity index is 1.52. The number of nitrogens with one attached hydrogen (secondary N) is 1. The zero-order chi connectivity index (χ0) is 25.8. The monoisotopic (exact) mass is 532 g/mol. The maximum absolute atomic E-state index is 12.8. The van der Waals surface area contributed by atoms with Crippen LogP contribution in [0.2, 0.25) is 0 Å². The molecule has 36 heavy (non-hydrogen) atoms. The van der Waals surface area contributed by atoms with Crippen molar-refractivity contribution in [3.8, 4) is 28.6 Å². The maximum Gasteiger partial charge on any atom is 0.341 e. The molecule has 1 aromatic carbocycles. The average molecular weight is 533 g/mol. The highest BCUT2D eigenvalue weighted by Gasteiger charge is 2.28. The SMILES string of the molecule is CCn1c(SCC(=O)Nc2sc3c(c2C(=O)OC)CCC3)nnc1-c1cc(OC)c(OC)c(OC)c1. The predicted octanol–water partition coefficient (Wildman–Crippen LogP) is 4.06. The number of benzene rings is 1. The zero-order valence-corrected chi connectivity index (χ0v) is 22.4. The predicted molar refractivity (Wildman–Crippen MR) is 138 cm³/mol. The molecule has 3 aromatic rings. The Labute approximate surface area is 217 Å². The summed E-state index contributed by atoms with van der Waals surface area (Å²) in [5, 5.41) is 12.7. The third-order valence-electron chi connectivity index (χ3n) is 5.85. The average Bonchev–Trinajstić information content (AvgIpc) is 3.60. The molecule has 0 aliphatic heterocycles. The fourth-order valence-corrected chi connectivity index (χ4v) is 6.30. The number of nitrogens with zero attached hydrogens (tertiary/aromatic N) is 3. The summed E-state index contributed by atoms with van der Waals surface area (Å²) in [6.07, 6.45) is 2.75. The van der Waals surface area contributed by atoms with Crippen molar-refractivity contribution < 1.29 is 28.5 Å². The number of rotatable bonds is 10. The minimum Gasteiger partial charge on any atom is -0.493 e. The van der Waals surface area contributed by atoms with Gasteiger partial charge >= 0.3 is 5.97 Å². The molecule has 0 atom stereocenters. The summed E-state index contributed by atoms with van der Waals surface area (Å²) in [6.45, 7) is 2.57. The number of amides is 1. The van der Waals surface area contributed by atoms with E-state index >= 15 is 0 Å². The van der Waals surface area contributed by atoms with Crippen molar-refractivity contribution in [3.05, 3.63) is 28.1 Å². The van der Waals surface area contributed by atoms with Gasteiger partial charge in [-0.25, -0.2) is 4.79 Å². The third kappa shape index (κ3) is 4.87. The Morgan fingerprint density at radius 2 is 1.81 bits per heavy atom. The van der Waals surface area contributed by atoms with Gasteiger partial charge in [-0.1, -0.05) is 11.8 Å². The molecule has 0 unspecified atom stereocenters. The molecule has 0 radical (unpaired) electrons. The number of carbonyl (C=O) groups is 2. The van der Waals surface area contributed by atoms with Crippen molar-refractivity contribution in [2.45, 2.75) is 37.9 Å². The first-order valence-electron chi connectivity index (χ1n) is 11.3. The molecule has 192 valence electrons. The lowest BCUT2D eigenvalue weighted by Gasteiger charge is -2.14. The largest absolute Gasteiger partial charge is 0.493 e. The standard InChI is InChI=1S/C24H28N4O6S2/c1-6-28-21(13-10-15(31-2)20(33-4)16(11-13)32-3)26-27-24(28)35-12-18(29)25-22-19(23(30)34-5)14-8-7-9-17(14)36-22/h10-11H,6-9,12H2,1-5H3,(H,25,29). The highest BCUT2D eigenvalue weighted by molar-refractivity contribution is 7.99. The van der Waals surface area contributed by atoms with Crippen LogP contribution in [0.25, 0.3) is 11.4 Å². The number of fused-ring (bicyclic) bond motifs is 1. The van der Waals surface area contributed by atoms with Crippen LogP contribution in [0, 0.1) is 0 Å². The summed E-state index contributed by atoms with van der Waals surface area (Å²) < 4.78 is 23.2. The van der Waals surface area contributed by atoms with E-state index in [1.54, 1.807) is 21.3 Å². The number of hydrogen-bond acceptors (Lipinski definition) is 10. The van der Waals surface area contributed by atoms with Gasteiger partial charge in [0.2, 0.25) is 11.7 Å². The molecule has 0 bridgehead atoms. The van der Waals surface area contributed by atoms with Crippen molar-refractivity contribution in [2.75, 3.05) is 39.5 Å². The van der Waals surface area contributed by atoms with Gasteiger partial charge in [0.1, 0.15) is 5.00 Å². The number of aromatic nitrogens is 3. The second kappa shape index (κ2) is 11.2. The number of carbonyl (C=O) groups excluding carboxylic acids is 2. The van der Waals surface area contributed by atoms with E-state index in [1.165, 1.54) is 30.2 Å². The first-order chi connectivity index (χ1) is 17.4. The molecule has 2 aromatic heterocycles. The van der Waals surface area contributed by atoms with Gasteiger partial charge in [0.15, 0.2) is 22.5 Å². The van der Waals surface area contributed by atoms with E-state index in [1.807, 2.05) is 23.6 Å². The summed E-state index contributed by atoms with van der Waals surface area (Å²) in [5.74, 6) is 1.58. The molecule has 1 aliphatic rings. The van der Waals surface area contributed by atoms with Crippen LogP contribution in [0.4, 0.5) is 5.00 Å². The summed E-state index contributed by atoms with van der Waals surface area (Å²) in [6, 6.07) is 3.62. The van der Waals surface area contributed by atoms with Gasteiger partial charge in [0.05, 0.1) is 39.8 Å². The number of methoxy groups -OCH3 is 4. The van der Waals surface area contributed by atoms with Crippen LogP contribution in [-0.2, 0) is 28.9 Å². The van der Waals surface area contributed by atoms with Crippen LogP contribution < -0.4 is 19.5 Å². The highest BCUT2D eigenvalue weighted by atomic mass is 32.2. The van der Waals surface area contributed by atoms with E-state index in [-0.39, 0.29) is 11.7 Å². The van der Waals surface area contributed by atoms with Gasteiger partial charge < -0.3 is 28.8 Å². The van der Waals surface area contributed by atoms with Crippen molar-refractivity contribution in [3.63, 3.8) is 0 Å². The molecule has 1 N–H and O–H groups in total. The number of thioether (sulfide) groups is 1. The molecule has 0 saturated heterocycles. The first kappa shape index (κ1) is 25.8. The molecule has 1 amide bonds. The van der Waals surface area contributed by atoms with E-state index in [2.05, 4.69) is 15.5 Å². The summed E-state index contributed by atoms with van der Waals surface area (Å²) in [5.41, 5.74) is 2.22. The van der Waals surface area contributed by atoms with Gasteiger partial charge in [-0.2, -0.15) is 0 Å². The molecule has 12 heteroatoms. The number of esters is 1. The Kier molecular flexibility index (Phi) is 8.04. The lowest BCUT2D eigenvalue weighted by molar-refractivity contribution is -0.113. The lowest BCUT2D eigenvalue weighted by Crippen LogP contribution is -2.16. The summed E-state index contributed by atoms with van der Waals surface area (Å²) in [4.78, 5) is 26.3. The van der Waals surface area contributed by atoms with Crippen molar-refractivity contribution in [1.82, 2.24) is 14.8 Å². The van der Waals surface area contributed by atoms with Crippen molar-refractivity contribution >= 4 is 40.0 Å². The molecular weight excluding hydrogens is 504 g/mol. The van der Waals surface area contributed by atoms with E-state index in [9.17, 15) is 9.59 Å². The second-order valence-electron chi connectivity index (χ2n) is 7.85. The van der Waals surface area contributed by atoms with Crippen LogP contribution in [0.15, 0.2) is 17.3 Å². The molecular formula is C24H28N4O6S2. The molecule has 2 heterocycles. The van der Waals surface area contributed by atoms with Crippen LogP contribution >= 0.6 is 23.1 Å². The van der Waals surface area contributed by atoms with Gasteiger partial charge in [0.25, 0.3) is 0 Å². The molecule has 0 spiro atoms. The van der Waals surface area contributed by atoms with E-state index in [4.69, 9.17) is 18.9 Å². The molecule has 0 fully saturated rings. The molecule has 4 rings (SSSR count). The summed E-state index contributed by atoms with van der Waals surface area (Å²) in [7, 11) is 6.01. The van der Waals surface area contributed by atoms with Crippen LogP contribution in [0.5, 0.6) is 17.2 Å². The number of hydrogen-bond donors (Lipinski definition) is 1. The third-order valence-corrected chi connectivity index (χ3v) is 8.03. The smallest absolute Gasteiger partial charge is 0.341 e. The van der Waals surface area contributed by atoms with Crippen LogP contribution in [0.1, 0.15) is 34.1 Å². The number of thiophene rings is 1. The molecule has 0 saturated carbocycles. The zero-order valence-electron chi connectivity index (χ0n) is 20.8. The van der Waals surface area contributed by atoms with Gasteiger partial charge in [-0.05, 0) is 43.9 Å². The topological polar surface area (TPSA) is 114 Å². The first-order valence-corrected chi connectivity index (χ1v) is 13.1. The van der Waals surface area contributed by atoms with Crippen LogP contribution in [0.3, 0.4) is 0 Å². The van der Waals surface area contributed by atoms with E-state index in [0.29, 0.717) is 45.3 Å². The lowest BCUT2D eigenvalue weighted by atomic mass is 10.1.